The minimum atomic E-state index is 0.175. The van der Waals surface area contributed by atoms with Crippen LogP contribution < -0.4 is 5.32 Å². The number of hydrogen-bond acceptors (Lipinski definition) is 4. The van der Waals surface area contributed by atoms with E-state index in [4.69, 9.17) is 4.74 Å². The van der Waals surface area contributed by atoms with Gasteiger partial charge in [-0.2, -0.15) is 0 Å². The van der Waals surface area contributed by atoms with Crippen molar-refractivity contribution in [3.8, 4) is 0 Å². The Morgan fingerprint density at radius 3 is 2.95 bits per heavy atom. The van der Waals surface area contributed by atoms with Crippen LogP contribution in [0.1, 0.15) is 32.6 Å². The third-order valence-corrected chi connectivity index (χ3v) is 3.79. The molecule has 1 aliphatic rings. The number of aryl methyl sites for hydroxylation is 1. The predicted molar refractivity (Wildman–Crippen MR) is 76.2 cm³/mol. The lowest BCUT2D eigenvalue weighted by Gasteiger charge is -2.36. The van der Waals surface area contributed by atoms with Crippen LogP contribution >= 0.6 is 0 Å². The number of rotatable bonds is 6. The summed E-state index contributed by atoms with van der Waals surface area (Å²) in [7, 11) is 0. The molecule has 0 aromatic carbocycles. The lowest BCUT2D eigenvalue weighted by molar-refractivity contribution is -0.0472. The minimum absolute atomic E-state index is 0.175. The SMILES string of the molecule is CCNC(c1nccn1CC)C1CN(CC)CCO1. The Morgan fingerprint density at radius 2 is 2.26 bits per heavy atom. The van der Waals surface area contributed by atoms with Gasteiger partial charge in [0.05, 0.1) is 18.8 Å². The number of ether oxygens (including phenoxy) is 1. The van der Waals surface area contributed by atoms with Gasteiger partial charge in [-0.3, -0.25) is 4.90 Å². The Kier molecular flexibility index (Phi) is 5.36. The summed E-state index contributed by atoms with van der Waals surface area (Å²) in [5.74, 6) is 1.09. The first-order valence-corrected chi connectivity index (χ1v) is 7.38. The topological polar surface area (TPSA) is 42.3 Å². The highest BCUT2D eigenvalue weighted by Crippen LogP contribution is 2.21. The second-order valence-electron chi connectivity index (χ2n) is 4.91. The van der Waals surface area contributed by atoms with Crippen molar-refractivity contribution in [2.45, 2.75) is 39.5 Å². The van der Waals surface area contributed by atoms with Crippen molar-refractivity contribution in [3.63, 3.8) is 0 Å². The van der Waals surface area contributed by atoms with E-state index in [1.165, 1.54) is 0 Å². The van der Waals surface area contributed by atoms with Gasteiger partial charge >= 0.3 is 0 Å². The standard InChI is InChI=1S/C14H26N4O/c1-4-15-13(14-16-7-8-18(14)6-3)12-11-17(5-2)9-10-19-12/h7-8,12-13,15H,4-6,9-11H2,1-3H3. The average molecular weight is 266 g/mol. The molecule has 0 spiro atoms. The lowest BCUT2D eigenvalue weighted by Crippen LogP contribution is -2.48. The summed E-state index contributed by atoms with van der Waals surface area (Å²) in [6.07, 6.45) is 4.10. The molecule has 1 aromatic heterocycles. The van der Waals surface area contributed by atoms with Gasteiger partial charge in [0.15, 0.2) is 0 Å². The quantitative estimate of drug-likeness (QED) is 0.842. The zero-order chi connectivity index (χ0) is 13.7. The Balaban J connectivity index is 2.15. The van der Waals surface area contributed by atoms with Crippen LogP contribution in [0.2, 0.25) is 0 Å². The zero-order valence-corrected chi connectivity index (χ0v) is 12.3. The summed E-state index contributed by atoms with van der Waals surface area (Å²) in [6.45, 7) is 12.3. The van der Waals surface area contributed by atoms with E-state index in [0.29, 0.717) is 0 Å². The van der Waals surface area contributed by atoms with Crippen LogP contribution in [0.4, 0.5) is 0 Å². The van der Waals surface area contributed by atoms with Gasteiger partial charge in [-0.25, -0.2) is 4.98 Å². The molecule has 0 bridgehead atoms. The number of nitrogens with zero attached hydrogens (tertiary/aromatic N) is 3. The maximum Gasteiger partial charge on any atom is 0.128 e. The van der Waals surface area contributed by atoms with Gasteiger partial charge in [-0.1, -0.05) is 13.8 Å². The maximum atomic E-state index is 5.99. The van der Waals surface area contributed by atoms with Crippen molar-refractivity contribution in [3.05, 3.63) is 18.2 Å². The first-order valence-electron chi connectivity index (χ1n) is 7.38. The molecule has 0 amide bonds. The summed E-state index contributed by atoms with van der Waals surface area (Å²) < 4.78 is 8.19. The molecule has 108 valence electrons. The average Bonchev–Trinajstić information content (AvgIpc) is 2.93. The maximum absolute atomic E-state index is 5.99. The molecule has 2 heterocycles. The Hall–Kier alpha value is -0.910. The fourth-order valence-electron chi connectivity index (χ4n) is 2.70. The normalized spacial score (nSPS) is 22.6. The molecule has 5 nitrogen and oxygen atoms in total. The molecule has 0 aliphatic carbocycles. The summed E-state index contributed by atoms with van der Waals surface area (Å²) in [5, 5.41) is 3.54. The Bertz CT molecular complexity index is 379. The van der Waals surface area contributed by atoms with Crippen LogP contribution in [-0.4, -0.2) is 53.3 Å². The molecule has 0 saturated carbocycles. The van der Waals surface area contributed by atoms with Crippen LogP contribution in [0, 0.1) is 0 Å². The Morgan fingerprint density at radius 1 is 1.42 bits per heavy atom. The monoisotopic (exact) mass is 266 g/mol. The highest BCUT2D eigenvalue weighted by molar-refractivity contribution is 5.03. The summed E-state index contributed by atoms with van der Waals surface area (Å²) in [4.78, 5) is 6.98. The Labute approximate surface area is 116 Å². The second kappa shape index (κ2) is 7.03. The van der Waals surface area contributed by atoms with Crippen molar-refractivity contribution in [2.75, 3.05) is 32.8 Å². The first kappa shape index (κ1) is 14.5. The number of nitrogens with one attached hydrogen (secondary N) is 1. The third-order valence-electron chi connectivity index (χ3n) is 3.79. The van der Waals surface area contributed by atoms with Crippen LogP contribution in [0.15, 0.2) is 12.4 Å². The third kappa shape index (κ3) is 3.35. The smallest absolute Gasteiger partial charge is 0.128 e. The molecule has 1 saturated heterocycles. The van der Waals surface area contributed by atoms with Crippen molar-refractivity contribution >= 4 is 0 Å². The number of imidazole rings is 1. The fraction of sp³-hybridized carbons (Fsp3) is 0.786. The molecular weight excluding hydrogens is 240 g/mol. The van der Waals surface area contributed by atoms with E-state index in [-0.39, 0.29) is 12.1 Å². The van der Waals surface area contributed by atoms with Gasteiger partial charge in [0.2, 0.25) is 0 Å². The molecule has 19 heavy (non-hydrogen) atoms. The van der Waals surface area contributed by atoms with E-state index in [1.54, 1.807) is 0 Å². The van der Waals surface area contributed by atoms with E-state index < -0.39 is 0 Å². The molecule has 5 heteroatoms. The molecule has 2 rings (SSSR count). The highest BCUT2D eigenvalue weighted by atomic mass is 16.5. The molecular formula is C14H26N4O. The van der Waals surface area contributed by atoms with Crippen molar-refractivity contribution in [1.29, 1.82) is 0 Å². The van der Waals surface area contributed by atoms with E-state index >= 15 is 0 Å². The van der Waals surface area contributed by atoms with Crippen molar-refractivity contribution in [2.24, 2.45) is 0 Å². The van der Waals surface area contributed by atoms with Gasteiger partial charge in [0, 0.05) is 32.0 Å². The van der Waals surface area contributed by atoms with Crippen LogP contribution in [0.5, 0.6) is 0 Å². The molecule has 1 N–H and O–H groups in total. The van der Waals surface area contributed by atoms with Crippen molar-refractivity contribution in [1.82, 2.24) is 19.8 Å². The minimum Gasteiger partial charge on any atom is -0.373 e. The van der Waals surface area contributed by atoms with E-state index in [1.807, 2.05) is 12.4 Å². The van der Waals surface area contributed by atoms with Gasteiger partial charge in [0.1, 0.15) is 5.82 Å². The van der Waals surface area contributed by atoms with Crippen molar-refractivity contribution < 1.29 is 4.74 Å². The van der Waals surface area contributed by atoms with Gasteiger partial charge < -0.3 is 14.6 Å². The van der Waals surface area contributed by atoms with Gasteiger partial charge in [-0.05, 0) is 20.0 Å². The number of aromatic nitrogens is 2. The highest BCUT2D eigenvalue weighted by Gasteiger charge is 2.30. The molecule has 2 atom stereocenters. The largest absolute Gasteiger partial charge is 0.373 e. The molecule has 1 aromatic rings. The number of likely N-dealkylation sites (N-methyl/N-ethyl adjacent to an activating group) is 2. The fourth-order valence-corrected chi connectivity index (χ4v) is 2.70. The first-order chi connectivity index (χ1) is 9.30. The number of hydrogen-bond donors (Lipinski definition) is 1. The predicted octanol–water partition coefficient (Wildman–Crippen LogP) is 1.27. The van der Waals surface area contributed by atoms with E-state index in [9.17, 15) is 0 Å². The van der Waals surface area contributed by atoms with Crippen LogP contribution in [-0.2, 0) is 11.3 Å². The van der Waals surface area contributed by atoms with E-state index in [0.717, 1.165) is 45.2 Å². The lowest BCUT2D eigenvalue weighted by atomic mass is 10.1. The van der Waals surface area contributed by atoms with Gasteiger partial charge in [0.25, 0.3) is 0 Å². The summed E-state index contributed by atoms with van der Waals surface area (Å²) in [5.41, 5.74) is 0. The zero-order valence-electron chi connectivity index (χ0n) is 12.3. The van der Waals surface area contributed by atoms with Crippen LogP contribution in [0.3, 0.4) is 0 Å². The van der Waals surface area contributed by atoms with Gasteiger partial charge in [-0.15, -0.1) is 0 Å². The summed E-state index contributed by atoms with van der Waals surface area (Å²) in [6, 6.07) is 0.175. The second-order valence-corrected chi connectivity index (χ2v) is 4.91. The summed E-state index contributed by atoms with van der Waals surface area (Å²) >= 11 is 0. The van der Waals surface area contributed by atoms with E-state index in [2.05, 4.69) is 40.5 Å². The molecule has 0 radical (unpaired) electrons. The molecule has 1 aliphatic heterocycles. The van der Waals surface area contributed by atoms with Crippen LogP contribution in [0.25, 0.3) is 0 Å². The molecule has 1 fully saturated rings. The number of morpholine rings is 1. The molecule has 2 unspecified atom stereocenters.